The average molecular weight is 490 g/mol. The highest BCUT2D eigenvalue weighted by molar-refractivity contribution is 8.00. The number of hydrogen-bond acceptors (Lipinski definition) is 7. The smallest absolute Gasteiger partial charge is 0.408 e. The number of allylic oxidation sites excluding steroid dienone is 2. The molecule has 182 valence electrons. The summed E-state index contributed by atoms with van der Waals surface area (Å²) in [7, 11) is 0. The van der Waals surface area contributed by atoms with E-state index in [2.05, 4.69) is 10.6 Å². The van der Waals surface area contributed by atoms with Gasteiger partial charge in [-0.2, -0.15) is 0 Å². The quantitative estimate of drug-likeness (QED) is 0.445. The number of hydrogen-bond donors (Lipinski definition) is 4. The molecule has 1 saturated heterocycles. The van der Waals surface area contributed by atoms with Crippen LogP contribution in [0.3, 0.4) is 0 Å². The Morgan fingerprint density at radius 2 is 1.88 bits per heavy atom. The number of β-lactam (4-membered cyclic amide) rings is 1. The molecule has 3 rings (SSSR count). The molecule has 0 saturated carbocycles. The van der Waals surface area contributed by atoms with Gasteiger partial charge in [0.2, 0.25) is 5.91 Å². The second-order valence-electron chi connectivity index (χ2n) is 8.75. The second-order valence-corrected chi connectivity index (χ2v) is 9.85. The van der Waals surface area contributed by atoms with Crippen LogP contribution in [-0.2, 0) is 19.1 Å². The first-order chi connectivity index (χ1) is 15.9. The summed E-state index contributed by atoms with van der Waals surface area (Å²) >= 11 is 1.34. The van der Waals surface area contributed by atoms with Crippen LogP contribution in [0.25, 0.3) is 0 Å². The average Bonchev–Trinajstić information content (AvgIpc) is 2.74. The fourth-order valence-corrected chi connectivity index (χ4v) is 4.92. The fourth-order valence-electron chi connectivity index (χ4n) is 3.60. The summed E-state index contributed by atoms with van der Waals surface area (Å²) in [5.41, 5.74) is -0.0159. The minimum absolute atomic E-state index is 0.0199. The van der Waals surface area contributed by atoms with E-state index >= 15 is 0 Å². The molecule has 10 nitrogen and oxygen atoms in total. The van der Waals surface area contributed by atoms with Gasteiger partial charge in [-0.3, -0.25) is 14.5 Å². The van der Waals surface area contributed by atoms with Crippen LogP contribution in [0.15, 0.2) is 47.7 Å². The van der Waals surface area contributed by atoms with Crippen molar-refractivity contribution in [1.29, 1.82) is 0 Å². The van der Waals surface area contributed by atoms with E-state index in [0.717, 1.165) is 0 Å². The van der Waals surface area contributed by atoms with Crippen molar-refractivity contribution in [2.24, 2.45) is 0 Å². The number of nitrogens with one attached hydrogen (secondary N) is 2. The highest BCUT2D eigenvalue weighted by Crippen LogP contribution is 2.40. The Kier molecular flexibility index (Phi) is 7.25. The number of aromatic hydroxyl groups is 1. The molecule has 0 bridgehead atoms. The number of carboxylic acids is 1. The maximum Gasteiger partial charge on any atom is 0.408 e. The van der Waals surface area contributed by atoms with Gasteiger partial charge in [-0.1, -0.05) is 24.3 Å². The van der Waals surface area contributed by atoms with Crippen molar-refractivity contribution in [3.8, 4) is 5.75 Å². The van der Waals surface area contributed by atoms with Gasteiger partial charge >= 0.3 is 12.1 Å². The van der Waals surface area contributed by atoms with E-state index in [4.69, 9.17) is 4.74 Å². The van der Waals surface area contributed by atoms with E-state index in [9.17, 15) is 29.4 Å². The van der Waals surface area contributed by atoms with Crippen LogP contribution < -0.4 is 10.6 Å². The van der Waals surface area contributed by atoms with Crippen LogP contribution in [-0.4, -0.2) is 61.8 Å². The van der Waals surface area contributed by atoms with Crippen LogP contribution in [0, 0.1) is 0 Å². The number of ether oxygens (including phenoxy) is 1. The molecule has 1 aromatic carbocycles. The van der Waals surface area contributed by atoms with Gasteiger partial charge in [0.05, 0.1) is 0 Å². The Hall–Kier alpha value is -3.47. The molecule has 11 heteroatoms. The number of carbonyl (C=O) groups is 4. The normalized spacial score (nSPS) is 20.9. The SMILES string of the molecule is C/C=C/C1=C(C(=O)O)N2C(=O)[C@@H](NC(=O)C(NC(=O)OC(C)(C)C)c3ccc(O)cc3)[C@H]2SC1. The summed E-state index contributed by atoms with van der Waals surface area (Å²) in [6, 6.07) is 3.50. The summed E-state index contributed by atoms with van der Waals surface area (Å²) in [5.74, 6) is -2.09. The summed E-state index contributed by atoms with van der Waals surface area (Å²) in [5, 5.41) is 23.8. The molecule has 0 aliphatic carbocycles. The number of aliphatic carboxylic acids is 1. The number of phenolic OH excluding ortho intramolecular Hbond substituents is 1. The lowest BCUT2D eigenvalue weighted by atomic mass is 10.0. The molecule has 2 aliphatic rings. The van der Waals surface area contributed by atoms with Crippen molar-refractivity contribution >= 4 is 35.6 Å². The molecular formula is C23H27N3O7S. The van der Waals surface area contributed by atoms with Crippen molar-refractivity contribution < 1.29 is 34.1 Å². The lowest BCUT2D eigenvalue weighted by Crippen LogP contribution is -2.71. The number of amides is 3. The predicted octanol–water partition coefficient (Wildman–Crippen LogP) is 2.27. The molecule has 3 atom stereocenters. The Balaban J connectivity index is 1.81. The first kappa shape index (κ1) is 25.2. The van der Waals surface area contributed by atoms with E-state index in [1.807, 2.05) is 0 Å². The minimum Gasteiger partial charge on any atom is -0.508 e. The van der Waals surface area contributed by atoms with Crippen molar-refractivity contribution in [1.82, 2.24) is 15.5 Å². The molecule has 1 aromatic rings. The maximum atomic E-state index is 13.2. The maximum absolute atomic E-state index is 13.2. The molecule has 2 aliphatic heterocycles. The standard InChI is InChI=1S/C23H27N3O7S/c1-5-6-13-11-34-20-16(19(29)26(20)17(13)21(30)31)24-18(28)15(12-7-9-14(27)10-8-12)25-22(32)33-23(2,3)4/h5-10,15-16,20,27H,11H2,1-4H3,(H,24,28)(H,25,32)(H,30,31)/b6-5+/t15?,16-,20-/m1/s1. The largest absolute Gasteiger partial charge is 0.508 e. The van der Waals surface area contributed by atoms with Gasteiger partial charge in [0.15, 0.2) is 0 Å². The van der Waals surface area contributed by atoms with Crippen LogP contribution >= 0.6 is 11.8 Å². The Labute approximate surface area is 201 Å². The van der Waals surface area contributed by atoms with Crippen LogP contribution in [0.2, 0.25) is 0 Å². The molecule has 2 heterocycles. The zero-order valence-electron chi connectivity index (χ0n) is 19.2. The molecule has 3 amide bonds. The number of carboxylic acid groups (broad SMARTS) is 1. The Morgan fingerprint density at radius 3 is 2.44 bits per heavy atom. The molecule has 1 fully saturated rings. The number of fused-ring (bicyclic) bond motifs is 1. The zero-order valence-corrected chi connectivity index (χ0v) is 20.0. The van der Waals surface area contributed by atoms with Gasteiger partial charge in [0, 0.05) is 5.75 Å². The van der Waals surface area contributed by atoms with Gasteiger partial charge < -0.3 is 25.6 Å². The van der Waals surface area contributed by atoms with E-state index < -0.39 is 46.9 Å². The van der Waals surface area contributed by atoms with Crippen LogP contribution in [0.4, 0.5) is 4.79 Å². The minimum atomic E-state index is -1.22. The Morgan fingerprint density at radius 1 is 1.24 bits per heavy atom. The van der Waals surface area contributed by atoms with E-state index in [1.165, 1.54) is 40.9 Å². The molecule has 34 heavy (non-hydrogen) atoms. The van der Waals surface area contributed by atoms with E-state index in [0.29, 0.717) is 16.9 Å². The van der Waals surface area contributed by atoms with Crippen molar-refractivity contribution in [2.45, 2.75) is 50.8 Å². The van der Waals surface area contributed by atoms with Gasteiger partial charge in [-0.15, -0.1) is 11.8 Å². The third-order valence-electron chi connectivity index (χ3n) is 5.02. The number of nitrogens with zero attached hydrogens (tertiary/aromatic N) is 1. The van der Waals surface area contributed by atoms with E-state index in [-0.39, 0.29) is 11.4 Å². The Bertz CT molecular complexity index is 1060. The highest BCUT2D eigenvalue weighted by Gasteiger charge is 2.54. The number of carbonyl (C=O) groups excluding carboxylic acids is 3. The van der Waals surface area contributed by atoms with Crippen molar-refractivity contribution in [3.63, 3.8) is 0 Å². The molecule has 0 aromatic heterocycles. The van der Waals surface area contributed by atoms with Crippen molar-refractivity contribution in [3.05, 3.63) is 53.3 Å². The number of phenols is 1. The molecular weight excluding hydrogens is 462 g/mol. The van der Waals surface area contributed by atoms with Gasteiger partial charge in [-0.25, -0.2) is 9.59 Å². The topological polar surface area (TPSA) is 145 Å². The summed E-state index contributed by atoms with van der Waals surface area (Å²) in [4.78, 5) is 51.4. The van der Waals surface area contributed by atoms with Crippen LogP contribution in [0.1, 0.15) is 39.3 Å². The molecule has 0 radical (unpaired) electrons. The molecule has 0 spiro atoms. The fraction of sp³-hybridized carbons (Fsp3) is 0.391. The first-order valence-electron chi connectivity index (χ1n) is 10.6. The summed E-state index contributed by atoms with van der Waals surface area (Å²) < 4.78 is 5.25. The summed E-state index contributed by atoms with van der Waals surface area (Å²) in [6.07, 6.45) is 2.52. The highest BCUT2D eigenvalue weighted by atomic mass is 32.2. The van der Waals surface area contributed by atoms with E-state index in [1.54, 1.807) is 39.8 Å². The third-order valence-corrected chi connectivity index (χ3v) is 6.32. The third kappa shape index (κ3) is 5.36. The number of alkyl carbamates (subject to hydrolysis) is 1. The van der Waals surface area contributed by atoms with Crippen LogP contribution in [0.5, 0.6) is 5.75 Å². The molecule has 1 unspecified atom stereocenters. The molecule has 4 N–H and O–H groups in total. The lowest BCUT2D eigenvalue weighted by Gasteiger charge is -2.49. The summed E-state index contributed by atoms with van der Waals surface area (Å²) in [6.45, 7) is 6.80. The van der Waals surface area contributed by atoms with Gasteiger partial charge in [-0.05, 0) is 51.0 Å². The number of rotatable bonds is 6. The van der Waals surface area contributed by atoms with Gasteiger partial charge in [0.1, 0.15) is 34.5 Å². The van der Waals surface area contributed by atoms with Gasteiger partial charge in [0.25, 0.3) is 5.91 Å². The monoisotopic (exact) mass is 489 g/mol. The zero-order chi connectivity index (χ0) is 25.2. The number of benzene rings is 1. The second kappa shape index (κ2) is 9.80. The van der Waals surface area contributed by atoms with Crippen molar-refractivity contribution in [2.75, 3.05) is 5.75 Å². The lowest BCUT2D eigenvalue weighted by molar-refractivity contribution is -0.150. The number of thioether (sulfide) groups is 1. The predicted molar refractivity (Wildman–Crippen MR) is 125 cm³/mol. The first-order valence-corrected chi connectivity index (χ1v) is 11.6.